The Kier molecular flexibility index (Phi) is 5.64. The molecule has 2 aromatic rings. The molecule has 3 rings (SSSR count). The fraction of sp³-hybridized carbons (Fsp3) is 0.158. The molecule has 1 heterocycles. The summed E-state index contributed by atoms with van der Waals surface area (Å²) in [5, 5.41) is 2.96. The largest absolute Gasteiger partial charge is 0.349 e. The molecule has 0 fully saturated rings. The van der Waals surface area contributed by atoms with Crippen LogP contribution in [0.3, 0.4) is 0 Å². The number of hydrogen-bond acceptors (Lipinski definition) is 3. The maximum absolute atomic E-state index is 14.2. The summed E-state index contributed by atoms with van der Waals surface area (Å²) in [4.78, 5) is 27.0. The average Bonchev–Trinajstić information content (AvgIpc) is 2.64. The van der Waals surface area contributed by atoms with Crippen molar-refractivity contribution in [3.63, 3.8) is 0 Å². The number of rotatable bonds is 5. The number of benzene rings is 2. The van der Waals surface area contributed by atoms with Gasteiger partial charge in [0.15, 0.2) is 0 Å². The summed E-state index contributed by atoms with van der Waals surface area (Å²) in [5.41, 5.74) is 1.25. The number of carbonyl (C=O) groups excluding carboxylic acids is 2. The van der Waals surface area contributed by atoms with Crippen LogP contribution in [-0.2, 0) is 11.3 Å². The van der Waals surface area contributed by atoms with Gasteiger partial charge in [0, 0.05) is 27.6 Å². The van der Waals surface area contributed by atoms with Gasteiger partial charge in [-0.15, -0.1) is 18.3 Å². The van der Waals surface area contributed by atoms with Gasteiger partial charge in [-0.1, -0.05) is 23.7 Å². The number of amides is 2. The summed E-state index contributed by atoms with van der Waals surface area (Å²) >= 11 is 7.50. The number of fused-ring (bicyclic) bond motifs is 1. The number of nitrogens with one attached hydrogen (secondary N) is 1. The molecule has 0 aromatic heterocycles. The minimum atomic E-state index is -0.468. The van der Waals surface area contributed by atoms with Crippen LogP contribution in [0.25, 0.3) is 0 Å². The van der Waals surface area contributed by atoms with Crippen LogP contribution >= 0.6 is 23.4 Å². The minimum Gasteiger partial charge on any atom is -0.349 e. The third kappa shape index (κ3) is 3.76. The van der Waals surface area contributed by atoms with Crippen molar-refractivity contribution in [2.75, 3.05) is 17.2 Å². The first-order valence-corrected chi connectivity index (χ1v) is 9.27. The van der Waals surface area contributed by atoms with E-state index in [0.717, 1.165) is 4.90 Å². The maximum Gasteiger partial charge on any atom is 0.251 e. The minimum absolute atomic E-state index is 0.00955. The number of hydrogen-bond donors (Lipinski definition) is 1. The molecule has 2 amide bonds. The van der Waals surface area contributed by atoms with Crippen molar-refractivity contribution < 1.29 is 14.0 Å². The van der Waals surface area contributed by atoms with Gasteiger partial charge in [0.1, 0.15) is 5.82 Å². The number of carbonyl (C=O) groups is 2. The Bertz CT molecular complexity index is 868. The molecule has 0 saturated carbocycles. The zero-order valence-corrected chi connectivity index (χ0v) is 15.4. The van der Waals surface area contributed by atoms with Crippen molar-refractivity contribution in [1.29, 1.82) is 0 Å². The summed E-state index contributed by atoms with van der Waals surface area (Å²) in [6.07, 6.45) is 1.59. The van der Waals surface area contributed by atoms with Gasteiger partial charge in [0.05, 0.1) is 18.0 Å². The molecular weight excluding hydrogens is 375 g/mol. The molecule has 0 atom stereocenters. The van der Waals surface area contributed by atoms with E-state index in [1.54, 1.807) is 30.3 Å². The Morgan fingerprint density at radius 2 is 2.19 bits per heavy atom. The topological polar surface area (TPSA) is 49.4 Å². The lowest BCUT2D eigenvalue weighted by molar-refractivity contribution is -0.116. The van der Waals surface area contributed by atoms with E-state index in [2.05, 4.69) is 11.9 Å². The Morgan fingerprint density at radius 1 is 1.38 bits per heavy atom. The number of anilines is 1. The molecule has 134 valence electrons. The van der Waals surface area contributed by atoms with Crippen LogP contribution in [0.15, 0.2) is 53.9 Å². The van der Waals surface area contributed by atoms with Crippen molar-refractivity contribution >= 4 is 40.9 Å². The zero-order valence-electron chi connectivity index (χ0n) is 13.8. The van der Waals surface area contributed by atoms with E-state index in [4.69, 9.17) is 11.6 Å². The molecular formula is C19H16ClFN2O2S. The summed E-state index contributed by atoms with van der Waals surface area (Å²) in [5.74, 6) is -0.642. The highest BCUT2D eigenvalue weighted by Gasteiger charge is 2.27. The van der Waals surface area contributed by atoms with Gasteiger partial charge in [0.2, 0.25) is 5.91 Å². The summed E-state index contributed by atoms with van der Waals surface area (Å²) < 4.78 is 14.2. The first kappa shape index (κ1) is 18.5. The second-order valence-electron chi connectivity index (χ2n) is 5.65. The summed E-state index contributed by atoms with van der Waals surface area (Å²) in [6, 6.07) is 9.56. The van der Waals surface area contributed by atoms with Crippen LogP contribution in [0.4, 0.5) is 10.1 Å². The Labute approximate surface area is 160 Å². The molecule has 1 aliphatic heterocycles. The molecule has 1 aliphatic rings. The van der Waals surface area contributed by atoms with Gasteiger partial charge in [-0.25, -0.2) is 4.39 Å². The molecule has 26 heavy (non-hydrogen) atoms. The van der Waals surface area contributed by atoms with Crippen molar-refractivity contribution in [3.05, 3.63) is 71.0 Å². The average molecular weight is 391 g/mol. The second kappa shape index (κ2) is 7.93. The highest BCUT2D eigenvalue weighted by atomic mass is 35.5. The van der Waals surface area contributed by atoms with Crippen LogP contribution in [0.5, 0.6) is 0 Å². The third-order valence-corrected chi connectivity index (χ3v) is 5.35. The number of thioether (sulfide) groups is 1. The lowest BCUT2D eigenvalue weighted by Crippen LogP contribution is -2.35. The van der Waals surface area contributed by atoms with Gasteiger partial charge in [-0.2, -0.15) is 0 Å². The molecule has 0 unspecified atom stereocenters. The Hall–Kier alpha value is -2.31. The molecule has 0 bridgehead atoms. The fourth-order valence-corrected chi connectivity index (χ4v) is 3.76. The van der Waals surface area contributed by atoms with E-state index >= 15 is 0 Å². The molecule has 1 N–H and O–H groups in total. The Balaban J connectivity index is 1.96. The van der Waals surface area contributed by atoms with Crippen LogP contribution in [0.2, 0.25) is 5.02 Å². The quantitative estimate of drug-likeness (QED) is 0.784. The lowest BCUT2D eigenvalue weighted by Gasteiger charge is -2.30. The van der Waals surface area contributed by atoms with Crippen LogP contribution in [0, 0.1) is 5.82 Å². The molecule has 0 aliphatic carbocycles. The van der Waals surface area contributed by atoms with Crippen LogP contribution < -0.4 is 10.2 Å². The third-order valence-electron chi connectivity index (χ3n) is 3.95. The first-order chi connectivity index (χ1) is 12.5. The smallest absolute Gasteiger partial charge is 0.251 e. The van der Waals surface area contributed by atoms with E-state index in [9.17, 15) is 14.0 Å². The molecule has 7 heteroatoms. The zero-order chi connectivity index (χ0) is 18.7. The summed E-state index contributed by atoms with van der Waals surface area (Å²) in [6.45, 7) is 3.92. The van der Waals surface area contributed by atoms with E-state index in [1.165, 1.54) is 28.8 Å². The van der Waals surface area contributed by atoms with Gasteiger partial charge in [0.25, 0.3) is 5.91 Å². The fourth-order valence-electron chi connectivity index (χ4n) is 2.63. The van der Waals surface area contributed by atoms with E-state index < -0.39 is 5.82 Å². The van der Waals surface area contributed by atoms with Crippen molar-refractivity contribution in [2.24, 2.45) is 0 Å². The predicted molar refractivity (Wildman–Crippen MR) is 102 cm³/mol. The normalized spacial score (nSPS) is 13.3. The van der Waals surface area contributed by atoms with Crippen molar-refractivity contribution in [1.82, 2.24) is 5.32 Å². The highest BCUT2D eigenvalue weighted by molar-refractivity contribution is 8.00. The molecule has 0 saturated heterocycles. The van der Waals surface area contributed by atoms with E-state index in [1.807, 2.05) is 0 Å². The van der Waals surface area contributed by atoms with E-state index in [0.29, 0.717) is 17.8 Å². The van der Waals surface area contributed by atoms with E-state index in [-0.39, 0.29) is 34.7 Å². The van der Waals surface area contributed by atoms with Crippen molar-refractivity contribution in [2.45, 2.75) is 11.4 Å². The second-order valence-corrected chi connectivity index (χ2v) is 7.07. The number of halogens is 2. The number of nitrogens with zero attached hydrogens (tertiary/aromatic N) is 1. The molecule has 0 radical (unpaired) electrons. The Morgan fingerprint density at radius 3 is 2.92 bits per heavy atom. The SMILES string of the molecule is C=CCNC(=O)c1ccc2c(c1)N(Cc1c(F)cccc1Cl)C(=O)CS2. The van der Waals surface area contributed by atoms with Crippen LogP contribution in [0.1, 0.15) is 15.9 Å². The molecule has 4 nitrogen and oxygen atoms in total. The molecule has 2 aromatic carbocycles. The van der Waals surface area contributed by atoms with Gasteiger partial charge < -0.3 is 10.2 Å². The van der Waals surface area contributed by atoms with Gasteiger partial charge >= 0.3 is 0 Å². The maximum atomic E-state index is 14.2. The van der Waals surface area contributed by atoms with Crippen molar-refractivity contribution in [3.8, 4) is 0 Å². The first-order valence-electron chi connectivity index (χ1n) is 7.90. The molecule has 0 spiro atoms. The standard InChI is InChI=1S/C19H16ClFN2O2S/c1-2-8-22-19(25)12-6-7-17-16(9-12)23(18(24)11-26-17)10-13-14(20)4-3-5-15(13)21/h2-7,9H,1,8,10-11H2,(H,22,25). The highest BCUT2D eigenvalue weighted by Crippen LogP contribution is 2.37. The van der Waals surface area contributed by atoms with Gasteiger partial charge in [-0.05, 0) is 30.3 Å². The monoisotopic (exact) mass is 390 g/mol. The summed E-state index contributed by atoms with van der Waals surface area (Å²) in [7, 11) is 0. The van der Waals surface area contributed by atoms with Crippen LogP contribution in [-0.4, -0.2) is 24.1 Å². The van der Waals surface area contributed by atoms with Gasteiger partial charge in [-0.3, -0.25) is 9.59 Å². The lowest BCUT2D eigenvalue weighted by atomic mass is 10.1. The predicted octanol–water partition coefficient (Wildman–Crippen LogP) is 4.03.